The van der Waals surface area contributed by atoms with Crippen molar-refractivity contribution in [2.75, 3.05) is 33.0 Å². The van der Waals surface area contributed by atoms with Gasteiger partial charge in [-0.1, -0.05) is 0 Å². The van der Waals surface area contributed by atoms with Crippen LogP contribution in [0.4, 0.5) is 0 Å². The Bertz CT molecular complexity index is 79.8. The van der Waals surface area contributed by atoms with Crippen molar-refractivity contribution in [2.45, 2.75) is 12.8 Å². The number of hydrogen-bond acceptors (Lipinski definition) is 5. The molecule has 0 unspecified atom stereocenters. The second kappa shape index (κ2) is 17.6. The number of aliphatic hydroxyl groups excluding tert-OH is 3. The van der Waals surface area contributed by atoms with Crippen LogP contribution in [0.3, 0.4) is 0 Å². The van der Waals surface area contributed by atoms with E-state index in [1.807, 2.05) is 0 Å². The van der Waals surface area contributed by atoms with Crippen molar-refractivity contribution >= 4 is 6.29 Å². The van der Waals surface area contributed by atoms with Gasteiger partial charge in [-0.15, -0.1) is 0 Å². The van der Waals surface area contributed by atoms with Gasteiger partial charge in [0.2, 0.25) is 0 Å². The first kappa shape index (κ1) is 15.0. The van der Waals surface area contributed by atoms with Gasteiger partial charge in [0.15, 0.2) is 0 Å². The first-order valence-electron chi connectivity index (χ1n) is 4.17. The number of rotatable bonds is 4. The minimum absolute atomic E-state index is 0.0243. The van der Waals surface area contributed by atoms with Crippen LogP contribution in [0.15, 0.2) is 0 Å². The second-order valence-corrected chi connectivity index (χ2v) is 2.09. The first-order valence-corrected chi connectivity index (χ1v) is 4.17. The summed E-state index contributed by atoms with van der Waals surface area (Å²) >= 11 is 0. The van der Waals surface area contributed by atoms with Gasteiger partial charge in [0.25, 0.3) is 0 Å². The number of carbonyl (C=O) groups excluding carboxylic acids is 1. The van der Waals surface area contributed by atoms with Gasteiger partial charge in [0.1, 0.15) is 6.29 Å². The zero-order valence-electron chi connectivity index (χ0n) is 7.69. The molecule has 1 aliphatic heterocycles. The van der Waals surface area contributed by atoms with Crippen LogP contribution in [-0.4, -0.2) is 54.6 Å². The van der Waals surface area contributed by atoms with E-state index in [0.717, 1.165) is 13.2 Å². The minimum Gasteiger partial charge on any atom is -0.396 e. The average molecular weight is 194 g/mol. The minimum atomic E-state index is -0.0243. The third kappa shape index (κ3) is 51.2. The van der Waals surface area contributed by atoms with Crippen LogP contribution in [0, 0.1) is 0 Å². The number of epoxide rings is 1. The highest BCUT2D eigenvalue weighted by molar-refractivity contribution is 5.49. The van der Waals surface area contributed by atoms with Crippen LogP contribution in [0.25, 0.3) is 0 Å². The monoisotopic (exact) mass is 194 g/mol. The fraction of sp³-hybridized carbons (Fsp3) is 0.875. The van der Waals surface area contributed by atoms with Gasteiger partial charge >= 0.3 is 0 Å². The van der Waals surface area contributed by atoms with E-state index in [1.165, 1.54) is 0 Å². The molecule has 0 aromatic carbocycles. The molecule has 3 N–H and O–H groups in total. The molecule has 0 aliphatic carbocycles. The molecule has 0 radical (unpaired) electrons. The number of aldehydes is 1. The second-order valence-electron chi connectivity index (χ2n) is 2.09. The van der Waals surface area contributed by atoms with E-state index in [4.69, 9.17) is 15.3 Å². The maximum atomic E-state index is 9.24. The number of hydrogen-bond donors (Lipinski definition) is 3. The van der Waals surface area contributed by atoms with Crippen LogP contribution in [0.2, 0.25) is 0 Å². The molecule has 0 saturated carbocycles. The lowest BCUT2D eigenvalue weighted by Gasteiger charge is -1.79. The normalized spacial score (nSPS) is 11.6. The Hall–Kier alpha value is -0.490. The SMILES string of the molecule is C1CO1.O=CCCO.OCCCO. The van der Waals surface area contributed by atoms with Crippen molar-refractivity contribution in [3.05, 3.63) is 0 Å². The summed E-state index contributed by atoms with van der Waals surface area (Å²) in [7, 11) is 0. The molecule has 5 heteroatoms. The van der Waals surface area contributed by atoms with Crippen molar-refractivity contribution in [3.8, 4) is 0 Å². The molecule has 0 bridgehead atoms. The van der Waals surface area contributed by atoms with E-state index in [9.17, 15) is 4.79 Å². The summed E-state index contributed by atoms with van der Waals surface area (Å²) in [4.78, 5) is 9.24. The van der Waals surface area contributed by atoms with Gasteiger partial charge in [-0.3, -0.25) is 0 Å². The van der Waals surface area contributed by atoms with E-state index < -0.39 is 0 Å². The Morgan fingerprint density at radius 2 is 1.54 bits per heavy atom. The lowest BCUT2D eigenvalue weighted by Crippen LogP contribution is -1.85. The molecule has 13 heavy (non-hydrogen) atoms. The molecule has 1 aliphatic rings. The van der Waals surface area contributed by atoms with Gasteiger partial charge in [-0.2, -0.15) is 0 Å². The molecular weight excluding hydrogens is 176 g/mol. The van der Waals surface area contributed by atoms with Gasteiger partial charge in [0.05, 0.1) is 13.2 Å². The van der Waals surface area contributed by atoms with E-state index in [0.29, 0.717) is 12.7 Å². The molecule has 0 atom stereocenters. The fourth-order valence-electron chi connectivity index (χ4n) is 0.123. The molecular formula is C8H18O5. The number of aliphatic hydroxyl groups is 3. The van der Waals surface area contributed by atoms with Crippen molar-refractivity contribution < 1.29 is 24.9 Å². The van der Waals surface area contributed by atoms with Crippen LogP contribution in [0.5, 0.6) is 0 Å². The van der Waals surface area contributed by atoms with E-state index >= 15 is 0 Å². The lowest BCUT2D eigenvalue weighted by atomic mass is 10.5. The number of ether oxygens (including phenoxy) is 1. The summed E-state index contributed by atoms with van der Waals surface area (Å²) < 4.78 is 4.50. The zero-order chi connectivity index (χ0) is 10.4. The predicted molar refractivity (Wildman–Crippen MR) is 47.4 cm³/mol. The van der Waals surface area contributed by atoms with Crippen LogP contribution in [0.1, 0.15) is 12.8 Å². The van der Waals surface area contributed by atoms with Gasteiger partial charge in [-0.25, -0.2) is 0 Å². The highest BCUT2D eigenvalue weighted by Crippen LogP contribution is 1.84. The van der Waals surface area contributed by atoms with Crippen molar-refractivity contribution in [1.29, 1.82) is 0 Å². The average Bonchev–Trinajstić information content (AvgIpc) is 2.94. The summed E-state index contributed by atoms with van der Waals surface area (Å²) in [5.74, 6) is 0. The molecule has 0 aromatic rings. The molecule has 0 amide bonds. The van der Waals surface area contributed by atoms with Crippen molar-refractivity contribution in [2.24, 2.45) is 0 Å². The summed E-state index contributed by atoms with van der Waals surface area (Å²) in [6, 6.07) is 0. The van der Waals surface area contributed by atoms with E-state index in [1.54, 1.807) is 0 Å². The Kier molecular flexibility index (Phi) is 20.3. The largest absolute Gasteiger partial charge is 0.396 e. The molecule has 1 saturated heterocycles. The Balaban J connectivity index is 0. The summed E-state index contributed by atoms with van der Waals surface area (Å²) in [5.41, 5.74) is 0. The van der Waals surface area contributed by atoms with Gasteiger partial charge in [0, 0.05) is 26.2 Å². The van der Waals surface area contributed by atoms with Gasteiger partial charge in [-0.05, 0) is 6.42 Å². The Morgan fingerprint density at radius 1 is 1.08 bits per heavy atom. The predicted octanol–water partition coefficient (Wildman–Crippen LogP) is -1.05. The molecule has 1 fully saturated rings. The molecule has 1 heterocycles. The summed E-state index contributed by atoms with van der Waals surface area (Å²) in [6.45, 7) is 2.16. The zero-order valence-corrected chi connectivity index (χ0v) is 7.69. The standard InChI is InChI=1S/C3H8O2.C3H6O2.C2H4O/c2*4-2-1-3-5;1-2-3-1/h4-5H,1-3H2;2,5H,1,3H2;1-2H2. The summed E-state index contributed by atoms with van der Waals surface area (Å²) in [6.07, 6.45) is 1.44. The van der Waals surface area contributed by atoms with Gasteiger partial charge < -0.3 is 24.9 Å². The van der Waals surface area contributed by atoms with E-state index in [2.05, 4.69) is 4.74 Å². The van der Waals surface area contributed by atoms with Crippen LogP contribution >= 0.6 is 0 Å². The molecule has 0 aromatic heterocycles. The molecule has 80 valence electrons. The maximum absolute atomic E-state index is 9.24. The topological polar surface area (TPSA) is 90.3 Å². The fourth-order valence-corrected chi connectivity index (χ4v) is 0.123. The van der Waals surface area contributed by atoms with Crippen molar-refractivity contribution in [1.82, 2.24) is 0 Å². The van der Waals surface area contributed by atoms with Crippen LogP contribution < -0.4 is 0 Å². The molecule has 0 spiro atoms. The highest BCUT2D eigenvalue weighted by atomic mass is 16.6. The van der Waals surface area contributed by atoms with Crippen LogP contribution in [-0.2, 0) is 9.53 Å². The molecule has 5 nitrogen and oxygen atoms in total. The highest BCUT2D eigenvalue weighted by Gasteiger charge is 1.94. The third-order valence-corrected chi connectivity index (χ3v) is 0.767. The lowest BCUT2D eigenvalue weighted by molar-refractivity contribution is -0.108. The molecule has 1 rings (SSSR count). The quantitative estimate of drug-likeness (QED) is 0.392. The first-order chi connectivity index (χ1) is 6.33. The summed E-state index contributed by atoms with van der Waals surface area (Å²) in [5, 5.41) is 23.6. The third-order valence-electron chi connectivity index (χ3n) is 0.767. The van der Waals surface area contributed by atoms with E-state index in [-0.39, 0.29) is 26.2 Å². The Morgan fingerprint density at radius 3 is 1.54 bits per heavy atom. The maximum Gasteiger partial charge on any atom is 0.122 e. The Labute approximate surface area is 78.0 Å². The van der Waals surface area contributed by atoms with Crippen molar-refractivity contribution in [3.63, 3.8) is 0 Å². The number of carbonyl (C=O) groups is 1. The smallest absolute Gasteiger partial charge is 0.122 e.